The summed E-state index contributed by atoms with van der Waals surface area (Å²) in [6, 6.07) is 5.35. The number of carbonyl (C=O) groups is 1. The summed E-state index contributed by atoms with van der Waals surface area (Å²) in [7, 11) is 0. The third-order valence-corrected chi connectivity index (χ3v) is 6.01. The lowest BCUT2D eigenvalue weighted by Gasteiger charge is -2.30. The maximum absolute atomic E-state index is 12.2. The molecular weight excluding hydrogens is 426 g/mol. The van der Waals surface area contributed by atoms with Gasteiger partial charge < -0.3 is 10.1 Å². The van der Waals surface area contributed by atoms with E-state index in [9.17, 15) is 4.79 Å². The zero-order valence-corrected chi connectivity index (χ0v) is 19.3. The highest BCUT2D eigenvalue weighted by atomic mass is 32.2. The molecule has 0 saturated carbocycles. The quantitative estimate of drug-likeness (QED) is 0.178. The third-order valence-electron chi connectivity index (χ3n) is 5.30. The monoisotopic (exact) mass is 449 g/mol. The minimum absolute atomic E-state index is 0.360. The fourth-order valence-electron chi connectivity index (χ4n) is 3.76. The van der Waals surface area contributed by atoms with Gasteiger partial charge in [0.25, 0.3) is 0 Å². The summed E-state index contributed by atoms with van der Waals surface area (Å²) in [6.07, 6.45) is 5.99. The zero-order valence-electron chi connectivity index (χ0n) is 18.5. The molecular formula is C22H23N7O2S. The molecule has 0 saturated heterocycles. The molecule has 0 atom stereocenters. The van der Waals surface area contributed by atoms with Gasteiger partial charge >= 0.3 is 5.97 Å². The molecule has 1 aliphatic rings. The number of thioether (sulfide) groups is 1. The SMILES string of the molecule is CSc1ncc(C(C)(C)N=[N+]=[N-])c2cc(Nc3ccc4c(n3)CC(C)(C)OC4=O)ncc12. The van der Waals surface area contributed by atoms with E-state index in [4.69, 9.17) is 10.3 Å². The largest absolute Gasteiger partial charge is 0.456 e. The number of carbonyl (C=O) groups excluding carboxylic acids is 1. The molecule has 9 nitrogen and oxygen atoms in total. The highest BCUT2D eigenvalue weighted by Gasteiger charge is 2.33. The van der Waals surface area contributed by atoms with E-state index in [2.05, 4.69) is 30.3 Å². The second kappa shape index (κ2) is 7.96. The normalized spacial score (nSPS) is 15.0. The minimum Gasteiger partial charge on any atom is -0.456 e. The van der Waals surface area contributed by atoms with E-state index in [1.54, 1.807) is 24.5 Å². The first-order valence-electron chi connectivity index (χ1n) is 10.0. The summed E-state index contributed by atoms with van der Waals surface area (Å²) in [6.45, 7) is 7.43. The fraction of sp³-hybridized carbons (Fsp3) is 0.364. The second-order valence-corrected chi connectivity index (χ2v) is 9.48. The Bertz CT molecular complexity index is 1280. The Hall–Kier alpha value is -3.36. The smallest absolute Gasteiger partial charge is 0.340 e. The van der Waals surface area contributed by atoms with Crippen molar-refractivity contribution in [3.05, 3.63) is 57.9 Å². The maximum Gasteiger partial charge on any atom is 0.340 e. The number of cyclic esters (lactones) is 1. The molecule has 0 spiro atoms. The van der Waals surface area contributed by atoms with Crippen LogP contribution in [0.3, 0.4) is 0 Å². The lowest BCUT2D eigenvalue weighted by Crippen LogP contribution is -2.36. The molecule has 0 aromatic carbocycles. The van der Waals surface area contributed by atoms with Crippen molar-refractivity contribution in [3.63, 3.8) is 0 Å². The van der Waals surface area contributed by atoms with Crippen molar-refractivity contribution in [2.75, 3.05) is 11.6 Å². The van der Waals surface area contributed by atoms with Gasteiger partial charge in [0.2, 0.25) is 0 Å². The first kappa shape index (κ1) is 21.9. The molecule has 0 aliphatic carbocycles. The summed E-state index contributed by atoms with van der Waals surface area (Å²) in [5, 5.41) is 9.79. The average Bonchev–Trinajstić information content (AvgIpc) is 2.71. The van der Waals surface area contributed by atoms with E-state index >= 15 is 0 Å². The lowest BCUT2D eigenvalue weighted by atomic mass is 9.93. The van der Waals surface area contributed by atoms with Crippen LogP contribution in [0, 0.1) is 0 Å². The number of rotatable bonds is 5. The van der Waals surface area contributed by atoms with Gasteiger partial charge in [-0.05, 0) is 54.8 Å². The van der Waals surface area contributed by atoms with Gasteiger partial charge in [0.05, 0.1) is 16.8 Å². The Morgan fingerprint density at radius 1 is 1.22 bits per heavy atom. The van der Waals surface area contributed by atoms with E-state index in [0.717, 1.165) is 21.4 Å². The fourth-order valence-corrected chi connectivity index (χ4v) is 4.30. The number of hydrogen-bond acceptors (Lipinski definition) is 8. The van der Waals surface area contributed by atoms with E-state index in [0.29, 0.717) is 29.3 Å². The van der Waals surface area contributed by atoms with Crippen LogP contribution >= 0.6 is 11.8 Å². The molecule has 4 heterocycles. The van der Waals surface area contributed by atoms with Gasteiger partial charge in [-0.3, -0.25) is 0 Å². The molecule has 0 amide bonds. The highest BCUT2D eigenvalue weighted by molar-refractivity contribution is 7.98. The number of esters is 1. The van der Waals surface area contributed by atoms with Crippen LogP contribution in [0.1, 0.15) is 49.3 Å². The van der Waals surface area contributed by atoms with Gasteiger partial charge in [-0.1, -0.05) is 19.0 Å². The molecule has 3 aromatic heterocycles. The van der Waals surface area contributed by atoms with E-state index < -0.39 is 11.1 Å². The second-order valence-electron chi connectivity index (χ2n) is 8.69. The molecule has 10 heteroatoms. The Morgan fingerprint density at radius 3 is 2.72 bits per heavy atom. The van der Waals surface area contributed by atoms with E-state index in [1.807, 2.05) is 40.0 Å². The van der Waals surface area contributed by atoms with Crippen LogP contribution in [-0.2, 0) is 16.7 Å². The van der Waals surface area contributed by atoms with Gasteiger partial charge in [0, 0.05) is 29.1 Å². The van der Waals surface area contributed by atoms with Crippen LogP contribution in [-0.4, -0.2) is 32.8 Å². The average molecular weight is 450 g/mol. The molecule has 0 bridgehead atoms. The highest BCUT2D eigenvalue weighted by Crippen LogP contribution is 2.36. The van der Waals surface area contributed by atoms with Crippen molar-refractivity contribution in [1.29, 1.82) is 0 Å². The molecule has 1 N–H and O–H groups in total. The molecule has 164 valence electrons. The number of aromatic nitrogens is 3. The summed E-state index contributed by atoms with van der Waals surface area (Å²) < 4.78 is 5.44. The Kier molecular flexibility index (Phi) is 5.44. The number of anilines is 2. The first-order valence-corrected chi connectivity index (χ1v) is 11.3. The predicted molar refractivity (Wildman–Crippen MR) is 124 cm³/mol. The lowest BCUT2D eigenvalue weighted by molar-refractivity contribution is -0.00714. The van der Waals surface area contributed by atoms with Crippen molar-refractivity contribution in [2.24, 2.45) is 5.11 Å². The number of ether oxygens (including phenoxy) is 1. The summed E-state index contributed by atoms with van der Waals surface area (Å²) in [5.74, 6) is 0.802. The molecule has 0 radical (unpaired) electrons. The van der Waals surface area contributed by atoms with Gasteiger partial charge in [-0.25, -0.2) is 19.7 Å². The summed E-state index contributed by atoms with van der Waals surface area (Å²) in [5.41, 5.74) is 9.60. The zero-order chi connectivity index (χ0) is 23.1. The standard InChI is InChI=1S/C22H23N7O2S/c1-21(2)9-16-12(20(30)31-21)6-7-17(26-16)27-18-8-13-14(10-24-18)19(32-5)25-11-15(13)22(3,4)28-29-23/h6-8,10-11H,9H2,1-5H3,(H,24,26,27). The summed E-state index contributed by atoms with van der Waals surface area (Å²) in [4.78, 5) is 28.9. The minimum atomic E-state index is -0.786. The van der Waals surface area contributed by atoms with E-state index in [1.165, 1.54) is 11.8 Å². The number of nitrogens with one attached hydrogen (secondary N) is 1. The number of hydrogen-bond donors (Lipinski definition) is 1. The number of fused-ring (bicyclic) bond motifs is 2. The van der Waals surface area contributed by atoms with Crippen molar-refractivity contribution >= 4 is 40.1 Å². The van der Waals surface area contributed by atoms with Crippen LogP contribution < -0.4 is 5.32 Å². The Balaban J connectivity index is 1.76. The Morgan fingerprint density at radius 2 is 2.00 bits per heavy atom. The van der Waals surface area contributed by atoms with Crippen LogP contribution in [0.25, 0.3) is 21.2 Å². The topological polar surface area (TPSA) is 126 Å². The first-order chi connectivity index (χ1) is 15.1. The van der Waals surface area contributed by atoms with Gasteiger partial charge in [0.1, 0.15) is 22.3 Å². The molecule has 32 heavy (non-hydrogen) atoms. The molecule has 0 unspecified atom stereocenters. The van der Waals surface area contributed by atoms with Crippen molar-refractivity contribution in [3.8, 4) is 0 Å². The van der Waals surface area contributed by atoms with Crippen molar-refractivity contribution in [2.45, 2.75) is 50.3 Å². The van der Waals surface area contributed by atoms with Gasteiger partial charge in [-0.2, -0.15) is 0 Å². The number of nitrogens with zero attached hydrogens (tertiary/aromatic N) is 6. The van der Waals surface area contributed by atoms with Crippen LogP contribution in [0.15, 0.2) is 40.7 Å². The number of azide groups is 1. The molecule has 4 rings (SSSR count). The number of pyridine rings is 3. The third kappa shape index (κ3) is 4.06. The van der Waals surface area contributed by atoms with Crippen LogP contribution in [0.2, 0.25) is 0 Å². The summed E-state index contributed by atoms with van der Waals surface area (Å²) >= 11 is 1.53. The van der Waals surface area contributed by atoms with Gasteiger partial charge in [0.15, 0.2) is 0 Å². The Labute approximate surface area is 189 Å². The van der Waals surface area contributed by atoms with Crippen LogP contribution in [0.5, 0.6) is 0 Å². The molecule has 3 aromatic rings. The van der Waals surface area contributed by atoms with Crippen molar-refractivity contribution in [1.82, 2.24) is 15.0 Å². The van der Waals surface area contributed by atoms with Crippen LogP contribution in [0.4, 0.5) is 11.6 Å². The maximum atomic E-state index is 12.2. The van der Waals surface area contributed by atoms with Gasteiger partial charge in [-0.15, -0.1) is 11.8 Å². The molecule has 0 fully saturated rings. The van der Waals surface area contributed by atoms with E-state index in [-0.39, 0.29) is 5.97 Å². The predicted octanol–water partition coefficient (Wildman–Crippen LogP) is 5.53. The van der Waals surface area contributed by atoms with Crippen molar-refractivity contribution < 1.29 is 9.53 Å². The molecule has 1 aliphatic heterocycles.